The fourth-order valence-corrected chi connectivity index (χ4v) is 4.01. The van der Waals surface area contributed by atoms with Crippen molar-refractivity contribution in [3.8, 4) is 0 Å². The zero-order chi connectivity index (χ0) is 20.9. The topological polar surface area (TPSA) is 87.4 Å². The van der Waals surface area contributed by atoms with E-state index >= 15 is 0 Å². The fraction of sp³-hybridized carbons (Fsp3) is 0.455. The minimum absolute atomic E-state index is 0.0456. The standard InChI is InChI=1S/C22H28N6O2/c1-16-19-20(24-15-25-22(19)30-26-16)28-13-6-8-17(14-28)21(29)23-11-7-12-27(2)18-9-4-3-5-10-18/h3-5,9-10,15,17H,6-8,11-14H2,1-2H3,(H,23,29)/t17-/m0/s1. The van der Waals surface area contributed by atoms with Gasteiger partial charge in [-0.25, -0.2) is 4.98 Å². The van der Waals surface area contributed by atoms with Gasteiger partial charge in [0.05, 0.1) is 11.6 Å². The second-order valence-corrected chi connectivity index (χ2v) is 7.83. The van der Waals surface area contributed by atoms with Crippen LogP contribution in [0.4, 0.5) is 11.5 Å². The zero-order valence-corrected chi connectivity index (χ0v) is 17.5. The van der Waals surface area contributed by atoms with Gasteiger partial charge in [0.2, 0.25) is 5.91 Å². The summed E-state index contributed by atoms with van der Waals surface area (Å²) >= 11 is 0. The number of amides is 1. The Hall–Kier alpha value is -3.16. The molecule has 3 heterocycles. The second kappa shape index (κ2) is 9.11. The van der Waals surface area contributed by atoms with Crippen molar-refractivity contribution in [2.45, 2.75) is 26.2 Å². The number of aryl methyl sites for hydroxylation is 1. The number of para-hydroxylation sites is 1. The van der Waals surface area contributed by atoms with E-state index in [1.54, 1.807) is 0 Å². The van der Waals surface area contributed by atoms with Crippen LogP contribution in [0.1, 0.15) is 25.0 Å². The van der Waals surface area contributed by atoms with Crippen LogP contribution in [-0.2, 0) is 4.79 Å². The Morgan fingerprint density at radius 3 is 2.97 bits per heavy atom. The van der Waals surface area contributed by atoms with Gasteiger partial charge in [-0.2, -0.15) is 4.98 Å². The Labute approximate surface area is 176 Å². The van der Waals surface area contributed by atoms with Gasteiger partial charge in [0, 0.05) is 38.9 Å². The summed E-state index contributed by atoms with van der Waals surface area (Å²) in [6.07, 6.45) is 4.24. The number of hydrogen-bond donors (Lipinski definition) is 1. The quantitative estimate of drug-likeness (QED) is 0.602. The summed E-state index contributed by atoms with van der Waals surface area (Å²) in [7, 11) is 2.07. The molecular formula is C22H28N6O2. The van der Waals surface area contributed by atoms with Crippen molar-refractivity contribution in [2.75, 3.05) is 43.0 Å². The summed E-state index contributed by atoms with van der Waals surface area (Å²) < 4.78 is 5.26. The van der Waals surface area contributed by atoms with Crippen LogP contribution in [0.3, 0.4) is 0 Å². The number of rotatable bonds is 7. The van der Waals surface area contributed by atoms with E-state index in [4.69, 9.17) is 4.52 Å². The lowest BCUT2D eigenvalue weighted by Crippen LogP contribution is -2.44. The van der Waals surface area contributed by atoms with Crippen LogP contribution in [-0.4, -0.2) is 54.3 Å². The third-order valence-corrected chi connectivity index (χ3v) is 5.68. The van der Waals surface area contributed by atoms with Crippen LogP contribution >= 0.6 is 0 Å². The first-order chi connectivity index (χ1) is 14.6. The first-order valence-electron chi connectivity index (χ1n) is 10.5. The van der Waals surface area contributed by atoms with Crippen LogP contribution in [0.15, 0.2) is 41.2 Å². The molecule has 0 aliphatic carbocycles. The Balaban J connectivity index is 1.30. The average molecular weight is 409 g/mol. The van der Waals surface area contributed by atoms with E-state index in [2.05, 4.69) is 49.4 Å². The molecule has 1 saturated heterocycles. The molecule has 0 radical (unpaired) electrons. The molecule has 1 aliphatic heterocycles. The average Bonchev–Trinajstić information content (AvgIpc) is 3.18. The molecule has 1 fully saturated rings. The number of piperidine rings is 1. The van der Waals surface area contributed by atoms with Crippen LogP contribution in [0, 0.1) is 12.8 Å². The predicted molar refractivity (Wildman–Crippen MR) is 117 cm³/mol. The number of carbonyl (C=O) groups is 1. The molecule has 2 aromatic heterocycles. The van der Waals surface area contributed by atoms with Crippen molar-refractivity contribution in [2.24, 2.45) is 5.92 Å². The molecule has 0 spiro atoms. The highest BCUT2D eigenvalue weighted by Gasteiger charge is 2.28. The number of anilines is 2. The number of aromatic nitrogens is 3. The van der Waals surface area contributed by atoms with Gasteiger partial charge < -0.3 is 19.6 Å². The van der Waals surface area contributed by atoms with Gasteiger partial charge in [0.15, 0.2) is 0 Å². The highest BCUT2D eigenvalue weighted by atomic mass is 16.5. The summed E-state index contributed by atoms with van der Waals surface area (Å²) in [6, 6.07) is 10.3. The largest absolute Gasteiger partial charge is 0.375 e. The highest BCUT2D eigenvalue weighted by Crippen LogP contribution is 2.29. The summed E-state index contributed by atoms with van der Waals surface area (Å²) in [4.78, 5) is 25.7. The van der Waals surface area contributed by atoms with Gasteiger partial charge in [0.1, 0.15) is 17.5 Å². The van der Waals surface area contributed by atoms with E-state index in [0.29, 0.717) is 18.8 Å². The first kappa shape index (κ1) is 20.1. The number of nitrogens with zero attached hydrogens (tertiary/aromatic N) is 5. The third kappa shape index (κ3) is 4.37. The van der Waals surface area contributed by atoms with Crippen LogP contribution < -0.4 is 15.1 Å². The summed E-state index contributed by atoms with van der Waals surface area (Å²) in [5.74, 6) is 0.880. The maximum atomic E-state index is 12.8. The zero-order valence-electron chi connectivity index (χ0n) is 17.5. The fourth-order valence-electron chi connectivity index (χ4n) is 4.01. The van der Waals surface area contributed by atoms with Crippen molar-refractivity contribution in [1.29, 1.82) is 0 Å². The molecule has 0 bridgehead atoms. The Bertz CT molecular complexity index is 990. The molecular weight excluding hydrogens is 380 g/mol. The molecule has 1 aromatic carbocycles. The second-order valence-electron chi connectivity index (χ2n) is 7.83. The van der Waals surface area contributed by atoms with E-state index in [9.17, 15) is 4.79 Å². The number of fused-ring (bicyclic) bond motifs is 1. The Morgan fingerprint density at radius 2 is 2.13 bits per heavy atom. The maximum Gasteiger partial charge on any atom is 0.263 e. The normalized spacial score (nSPS) is 16.6. The van der Waals surface area contributed by atoms with Gasteiger partial charge >= 0.3 is 0 Å². The minimum Gasteiger partial charge on any atom is -0.375 e. The van der Waals surface area contributed by atoms with Crippen molar-refractivity contribution in [3.63, 3.8) is 0 Å². The smallest absolute Gasteiger partial charge is 0.263 e. The van der Waals surface area contributed by atoms with Gasteiger partial charge in [-0.05, 0) is 38.3 Å². The number of carbonyl (C=O) groups excluding carboxylic acids is 1. The monoisotopic (exact) mass is 408 g/mol. The van der Waals surface area contributed by atoms with Gasteiger partial charge in [-0.1, -0.05) is 23.4 Å². The molecule has 158 valence electrons. The molecule has 4 rings (SSSR count). The molecule has 1 aliphatic rings. The van der Waals surface area contributed by atoms with Gasteiger partial charge in [-0.15, -0.1) is 0 Å². The number of nitrogens with one attached hydrogen (secondary N) is 1. The van der Waals surface area contributed by atoms with Crippen LogP contribution in [0.25, 0.3) is 11.1 Å². The number of benzene rings is 1. The Morgan fingerprint density at radius 1 is 1.30 bits per heavy atom. The summed E-state index contributed by atoms with van der Waals surface area (Å²) in [6.45, 7) is 4.97. The summed E-state index contributed by atoms with van der Waals surface area (Å²) in [5, 5.41) is 7.96. The molecule has 1 atom stereocenters. The van der Waals surface area contributed by atoms with Crippen molar-refractivity contribution < 1.29 is 9.32 Å². The first-order valence-corrected chi connectivity index (χ1v) is 10.5. The van der Waals surface area contributed by atoms with E-state index in [1.807, 2.05) is 25.1 Å². The molecule has 8 nitrogen and oxygen atoms in total. The van der Waals surface area contributed by atoms with Crippen LogP contribution in [0.2, 0.25) is 0 Å². The lowest BCUT2D eigenvalue weighted by Gasteiger charge is -2.33. The molecule has 1 amide bonds. The van der Waals surface area contributed by atoms with Crippen molar-refractivity contribution in [3.05, 3.63) is 42.4 Å². The van der Waals surface area contributed by atoms with E-state index < -0.39 is 0 Å². The molecule has 0 saturated carbocycles. The van der Waals surface area contributed by atoms with Crippen LogP contribution in [0.5, 0.6) is 0 Å². The Kier molecular flexibility index (Phi) is 6.11. The lowest BCUT2D eigenvalue weighted by molar-refractivity contribution is -0.125. The van der Waals surface area contributed by atoms with Gasteiger partial charge in [-0.3, -0.25) is 4.79 Å². The molecule has 8 heteroatoms. The summed E-state index contributed by atoms with van der Waals surface area (Å²) in [5.41, 5.74) is 2.45. The lowest BCUT2D eigenvalue weighted by atomic mass is 9.97. The predicted octanol–water partition coefficient (Wildman–Crippen LogP) is 2.79. The van der Waals surface area contributed by atoms with E-state index in [0.717, 1.165) is 49.2 Å². The molecule has 3 aromatic rings. The highest BCUT2D eigenvalue weighted by molar-refractivity contribution is 5.88. The van der Waals surface area contributed by atoms with Crippen molar-refractivity contribution in [1.82, 2.24) is 20.4 Å². The third-order valence-electron chi connectivity index (χ3n) is 5.68. The van der Waals surface area contributed by atoms with E-state index in [1.165, 1.54) is 12.0 Å². The maximum absolute atomic E-state index is 12.8. The number of hydrogen-bond acceptors (Lipinski definition) is 7. The SMILES string of the molecule is Cc1noc2ncnc(N3CCC[C@H](C(=O)NCCCN(C)c4ccccc4)C3)c12. The van der Waals surface area contributed by atoms with Crippen molar-refractivity contribution >= 4 is 28.5 Å². The molecule has 1 N–H and O–H groups in total. The van der Waals surface area contributed by atoms with Gasteiger partial charge in [0.25, 0.3) is 5.71 Å². The molecule has 30 heavy (non-hydrogen) atoms. The minimum atomic E-state index is -0.0456. The van der Waals surface area contributed by atoms with E-state index in [-0.39, 0.29) is 11.8 Å². The molecule has 0 unspecified atom stereocenters.